The summed E-state index contributed by atoms with van der Waals surface area (Å²) in [6, 6.07) is 29.5. The van der Waals surface area contributed by atoms with Gasteiger partial charge in [-0.25, -0.2) is 4.68 Å². The lowest BCUT2D eigenvalue weighted by Crippen LogP contribution is -2.27. The Balaban J connectivity index is 1.65. The van der Waals surface area contributed by atoms with Crippen LogP contribution in [0, 0.1) is 11.3 Å². The Labute approximate surface area is 200 Å². The smallest absolute Gasteiger partial charge is 0.262 e. The van der Waals surface area contributed by atoms with Crippen molar-refractivity contribution in [1.82, 2.24) is 15.1 Å². The summed E-state index contributed by atoms with van der Waals surface area (Å²) >= 11 is 0. The number of nitrogens with zero attached hydrogens (tertiary/aromatic N) is 3. The highest BCUT2D eigenvalue weighted by atomic mass is 16.1. The largest absolute Gasteiger partial charge is 0.345 e. The van der Waals surface area contributed by atoms with Crippen LogP contribution in [0.1, 0.15) is 36.6 Å². The zero-order valence-corrected chi connectivity index (χ0v) is 19.3. The predicted octanol–water partition coefficient (Wildman–Crippen LogP) is 5.89. The van der Waals surface area contributed by atoms with E-state index in [-0.39, 0.29) is 11.6 Å². The standard InChI is InChI=1S/C29H26N4O/c1-3-22-14-16-23(17-15-22)21(2)31-29(34)25(19-30)18-26-20-33(27-12-8-5-9-13-27)32-28(26)24-10-6-4-7-11-24/h4-18,20-21H,3H2,1-2H3,(H,31,34)/b25-18+. The second-order valence-corrected chi connectivity index (χ2v) is 8.04. The normalized spacial score (nSPS) is 12.1. The number of amides is 1. The number of aromatic nitrogens is 2. The fourth-order valence-electron chi connectivity index (χ4n) is 3.73. The Morgan fingerprint density at radius 3 is 2.29 bits per heavy atom. The molecule has 0 saturated heterocycles. The molecule has 0 saturated carbocycles. The number of carbonyl (C=O) groups is 1. The van der Waals surface area contributed by atoms with Crippen molar-refractivity contribution in [2.75, 3.05) is 0 Å². The molecule has 1 atom stereocenters. The Kier molecular flexibility index (Phi) is 7.00. The first-order valence-corrected chi connectivity index (χ1v) is 11.3. The maximum atomic E-state index is 13.0. The first-order chi connectivity index (χ1) is 16.6. The van der Waals surface area contributed by atoms with Gasteiger partial charge in [0, 0.05) is 17.3 Å². The first kappa shape index (κ1) is 22.8. The van der Waals surface area contributed by atoms with Crippen LogP contribution in [0.4, 0.5) is 0 Å². The lowest BCUT2D eigenvalue weighted by atomic mass is 10.0. The van der Waals surface area contributed by atoms with Gasteiger partial charge >= 0.3 is 0 Å². The Hall–Kier alpha value is -4.43. The van der Waals surface area contributed by atoms with E-state index in [4.69, 9.17) is 5.10 Å². The van der Waals surface area contributed by atoms with Crippen LogP contribution >= 0.6 is 0 Å². The summed E-state index contributed by atoms with van der Waals surface area (Å²) in [5, 5.41) is 17.5. The molecule has 1 aromatic heterocycles. The van der Waals surface area contributed by atoms with Crippen LogP contribution < -0.4 is 5.32 Å². The topological polar surface area (TPSA) is 70.7 Å². The number of hydrogen-bond acceptors (Lipinski definition) is 3. The molecular weight excluding hydrogens is 420 g/mol. The highest BCUT2D eigenvalue weighted by Gasteiger charge is 2.17. The van der Waals surface area contributed by atoms with E-state index in [0.717, 1.165) is 23.2 Å². The first-order valence-electron chi connectivity index (χ1n) is 11.3. The summed E-state index contributed by atoms with van der Waals surface area (Å²) in [6.07, 6.45) is 4.41. The third-order valence-electron chi connectivity index (χ3n) is 5.71. The third kappa shape index (κ3) is 5.13. The van der Waals surface area contributed by atoms with Crippen LogP contribution in [-0.2, 0) is 11.2 Å². The molecule has 1 heterocycles. The molecule has 0 fully saturated rings. The summed E-state index contributed by atoms with van der Waals surface area (Å²) in [5.41, 5.74) is 5.46. The zero-order valence-electron chi connectivity index (χ0n) is 19.3. The summed E-state index contributed by atoms with van der Waals surface area (Å²) in [5.74, 6) is -0.416. The van der Waals surface area contributed by atoms with Crippen molar-refractivity contribution in [2.45, 2.75) is 26.3 Å². The van der Waals surface area contributed by atoms with Crippen LogP contribution in [0.3, 0.4) is 0 Å². The number of aryl methyl sites for hydroxylation is 1. The fourth-order valence-corrected chi connectivity index (χ4v) is 3.73. The Morgan fingerprint density at radius 1 is 1.03 bits per heavy atom. The van der Waals surface area contributed by atoms with Gasteiger partial charge in [-0.3, -0.25) is 4.79 Å². The molecule has 3 aromatic carbocycles. The van der Waals surface area contributed by atoms with E-state index in [1.165, 1.54) is 5.56 Å². The van der Waals surface area contributed by atoms with Crippen molar-refractivity contribution in [1.29, 1.82) is 5.26 Å². The van der Waals surface area contributed by atoms with Gasteiger partial charge in [0.2, 0.25) is 0 Å². The molecule has 0 spiro atoms. The number of nitrogens with one attached hydrogen (secondary N) is 1. The van der Waals surface area contributed by atoms with Crippen molar-refractivity contribution in [3.05, 3.63) is 113 Å². The third-order valence-corrected chi connectivity index (χ3v) is 5.71. The minimum atomic E-state index is -0.416. The second kappa shape index (κ2) is 10.5. The number of rotatable bonds is 7. The summed E-state index contributed by atoms with van der Waals surface area (Å²) in [7, 11) is 0. The van der Waals surface area contributed by atoms with Crippen LogP contribution in [0.2, 0.25) is 0 Å². The van der Waals surface area contributed by atoms with E-state index in [1.807, 2.05) is 85.9 Å². The van der Waals surface area contributed by atoms with Crippen LogP contribution in [-0.4, -0.2) is 15.7 Å². The summed E-state index contributed by atoms with van der Waals surface area (Å²) < 4.78 is 1.76. The van der Waals surface area contributed by atoms with Gasteiger partial charge in [-0.15, -0.1) is 0 Å². The van der Waals surface area contributed by atoms with Crippen molar-refractivity contribution >= 4 is 12.0 Å². The van der Waals surface area contributed by atoms with E-state index < -0.39 is 5.91 Å². The molecule has 34 heavy (non-hydrogen) atoms. The van der Waals surface area contributed by atoms with Crippen molar-refractivity contribution in [3.63, 3.8) is 0 Å². The second-order valence-electron chi connectivity index (χ2n) is 8.04. The number of hydrogen-bond donors (Lipinski definition) is 1. The van der Waals surface area contributed by atoms with Gasteiger partial charge in [-0.05, 0) is 42.7 Å². The van der Waals surface area contributed by atoms with E-state index in [9.17, 15) is 10.1 Å². The molecule has 1 amide bonds. The highest BCUT2D eigenvalue weighted by Crippen LogP contribution is 2.26. The molecule has 1 N–H and O–H groups in total. The van der Waals surface area contributed by atoms with Crippen molar-refractivity contribution in [2.24, 2.45) is 0 Å². The number of benzene rings is 3. The van der Waals surface area contributed by atoms with Gasteiger partial charge in [0.1, 0.15) is 11.6 Å². The molecule has 168 valence electrons. The van der Waals surface area contributed by atoms with Crippen molar-refractivity contribution in [3.8, 4) is 23.0 Å². The van der Waals surface area contributed by atoms with Crippen molar-refractivity contribution < 1.29 is 4.79 Å². The quantitative estimate of drug-likeness (QED) is 0.284. The lowest BCUT2D eigenvalue weighted by Gasteiger charge is -2.14. The van der Waals surface area contributed by atoms with Crippen LogP contribution in [0.25, 0.3) is 23.0 Å². The van der Waals surface area contributed by atoms with Gasteiger partial charge in [-0.1, -0.05) is 79.7 Å². The number of nitriles is 1. The maximum Gasteiger partial charge on any atom is 0.262 e. The Morgan fingerprint density at radius 2 is 1.68 bits per heavy atom. The molecule has 4 rings (SSSR count). The fraction of sp³-hybridized carbons (Fsp3) is 0.138. The predicted molar refractivity (Wildman–Crippen MR) is 135 cm³/mol. The van der Waals surface area contributed by atoms with Gasteiger partial charge in [-0.2, -0.15) is 10.4 Å². The molecule has 1 unspecified atom stereocenters. The molecule has 5 heteroatoms. The average Bonchev–Trinajstić information content (AvgIpc) is 3.32. The van der Waals surface area contributed by atoms with Crippen LogP contribution in [0.15, 0.2) is 96.7 Å². The number of para-hydroxylation sites is 1. The van der Waals surface area contributed by atoms with E-state index in [0.29, 0.717) is 11.3 Å². The Bertz CT molecular complexity index is 1330. The van der Waals surface area contributed by atoms with Gasteiger partial charge in [0.25, 0.3) is 5.91 Å². The number of carbonyl (C=O) groups excluding carboxylic acids is 1. The van der Waals surface area contributed by atoms with E-state index in [2.05, 4.69) is 30.4 Å². The lowest BCUT2D eigenvalue weighted by molar-refractivity contribution is -0.117. The molecule has 0 bridgehead atoms. The SMILES string of the molecule is CCc1ccc(C(C)NC(=O)/C(C#N)=C/c2cn(-c3ccccc3)nc2-c2ccccc2)cc1. The highest BCUT2D eigenvalue weighted by molar-refractivity contribution is 6.02. The summed E-state index contributed by atoms with van der Waals surface area (Å²) in [6.45, 7) is 4.02. The minimum absolute atomic E-state index is 0.0295. The summed E-state index contributed by atoms with van der Waals surface area (Å²) in [4.78, 5) is 13.0. The monoisotopic (exact) mass is 446 g/mol. The molecule has 0 aliphatic carbocycles. The van der Waals surface area contributed by atoms with Gasteiger partial charge in [0.15, 0.2) is 0 Å². The molecule has 4 aromatic rings. The molecular formula is C29H26N4O. The van der Waals surface area contributed by atoms with Crippen LogP contribution in [0.5, 0.6) is 0 Å². The van der Waals surface area contributed by atoms with E-state index in [1.54, 1.807) is 10.8 Å². The molecule has 5 nitrogen and oxygen atoms in total. The minimum Gasteiger partial charge on any atom is -0.345 e. The zero-order chi connectivity index (χ0) is 23.9. The average molecular weight is 447 g/mol. The maximum absolute atomic E-state index is 13.0. The van der Waals surface area contributed by atoms with E-state index >= 15 is 0 Å². The molecule has 0 aliphatic heterocycles. The van der Waals surface area contributed by atoms with Gasteiger partial charge in [0.05, 0.1) is 17.4 Å². The molecule has 0 radical (unpaired) electrons. The van der Waals surface area contributed by atoms with Gasteiger partial charge < -0.3 is 5.32 Å². The molecule has 0 aliphatic rings.